The van der Waals surface area contributed by atoms with Crippen molar-refractivity contribution in [2.24, 2.45) is 10.9 Å². The summed E-state index contributed by atoms with van der Waals surface area (Å²) in [7, 11) is 1.64. The van der Waals surface area contributed by atoms with Crippen molar-refractivity contribution in [2.75, 3.05) is 33.4 Å². The Morgan fingerprint density at radius 1 is 1.33 bits per heavy atom. The topological polar surface area (TPSA) is 68.0 Å². The van der Waals surface area contributed by atoms with E-state index in [1.807, 2.05) is 25.1 Å². The van der Waals surface area contributed by atoms with Crippen LogP contribution in [0.5, 0.6) is 5.75 Å². The molecular weight excluding hydrogens is 500 g/mol. The molecule has 1 aliphatic rings. The summed E-state index contributed by atoms with van der Waals surface area (Å²) in [6.45, 7) is 4.30. The van der Waals surface area contributed by atoms with Crippen LogP contribution in [0.4, 0.5) is 4.39 Å². The maximum Gasteiger partial charge on any atom is 0.191 e. The summed E-state index contributed by atoms with van der Waals surface area (Å²) in [4.78, 5) is 4.51. The number of nitrogens with zero attached hydrogens (tertiary/aromatic N) is 1. The molecule has 0 spiro atoms. The van der Waals surface area contributed by atoms with Crippen molar-refractivity contribution < 1.29 is 18.3 Å². The van der Waals surface area contributed by atoms with Gasteiger partial charge in [0.25, 0.3) is 0 Å². The molecule has 0 bridgehead atoms. The third kappa shape index (κ3) is 8.14. The van der Waals surface area contributed by atoms with Crippen molar-refractivity contribution in [3.63, 3.8) is 0 Å². The van der Waals surface area contributed by atoms with Crippen LogP contribution in [0, 0.1) is 11.7 Å². The normalized spacial score (nSPS) is 14.7. The lowest BCUT2D eigenvalue weighted by molar-refractivity contribution is 0.208. The van der Waals surface area contributed by atoms with Gasteiger partial charge in [-0.3, -0.25) is 4.99 Å². The second-order valence-electron chi connectivity index (χ2n) is 7.29. The van der Waals surface area contributed by atoms with Crippen molar-refractivity contribution in [3.8, 4) is 5.75 Å². The fraction of sp³-hybridized carbons (Fsp3) is 0.500. The molecule has 1 saturated carbocycles. The standard InChI is InChI=1S/C22H30FN3O3.HI/c1-16(18-7-8-21(20(23)14-18)29-15-17-5-6-17)26-22(25-11-13-27-2)24-10-9-19-4-3-12-28-19;/h3-4,7-8,12,14,16-17H,5-6,9-11,13,15H2,1-2H3,(H2,24,25,26);1H. The molecule has 0 radical (unpaired) electrons. The highest BCUT2D eigenvalue weighted by atomic mass is 127. The predicted octanol–water partition coefficient (Wildman–Crippen LogP) is 4.31. The number of hydrogen-bond donors (Lipinski definition) is 2. The molecule has 6 nitrogen and oxygen atoms in total. The zero-order valence-corrected chi connectivity index (χ0v) is 19.9. The number of aliphatic imine (C=N–C) groups is 1. The number of hydrogen-bond acceptors (Lipinski definition) is 4. The maximum absolute atomic E-state index is 14.4. The average molecular weight is 531 g/mol. The summed E-state index contributed by atoms with van der Waals surface area (Å²) < 4.78 is 30.4. The van der Waals surface area contributed by atoms with Gasteiger partial charge >= 0.3 is 0 Å². The van der Waals surface area contributed by atoms with Crippen LogP contribution in [-0.2, 0) is 11.2 Å². The Morgan fingerprint density at radius 2 is 2.17 bits per heavy atom. The van der Waals surface area contributed by atoms with Crippen LogP contribution < -0.4 is 15.4 Å². The second kappa shape index (κ2) is 12.8. The molecular formula is C22H31FIN3O3. The zero-order chi connectivity index (χ0) is 20.5. The Bertz CT molecular complexity index is 782. The SMILES string of the molecule is COCCN=C(NCCc1ccco1)NC(C)c1ccc(OCC2CC2)c(F)c1.I. The van der Waals surface area contributed by atoms with Gasteiger partial charge in [-0.25, -0.2) is 4.39 Å². The molecule has 2 aromatic rings. The Kier molecular flexibility index (Phi) is 10.4. The number of benzene rings is 1. The minimum absolute atomic E-state index is 0. The first-order chi connectivity index (χ1) is 14.2. The van der Waals surface area contributed by atoms with Crippen LogP contribution in [0.2, 0.25) is 0 Å². The summed E-state index contributed by atoms with van der Waals surface area (Å²) in [5, 5.41) is 6.61. The highest BCUT2D eigenvalue weighted by molar-refractivity contribution is 14.0. The first-order valence-corrected chi connectivity index (χ1v) is 10.1. The van der Waals surface area contributed by atoms with Crippen LogP contribution >= 0.6 is 24.0 Å². The second-order valence-corrected chi connectivity index (χ2v) is 7.29. The van der Waals surface area contributed by atoms with Crippen molar-refractivity contribution in [2.45, 2.75) is 32.2 Å². The number of rotatable bonds is 11. The molecule has 166 valence electrons. The number of ether oxygens (including phenoxy) is 2. The number of nitrogens with one attached hydrogen (secondary N) is 2. The fourth-order valence-corrected chi connectivity index (χ4v) is 2.84. The summed E-state index contributed by atoms with van der Waals surface area (Å²) in [5.74, 6) is 2.13. The van der Waals surface area contributed by atoms with E-state index in [-0.39, 0.29) is 35.8 Å². The summed E-state index contributed by atoms with van der Waals surface area (Å²) in [6, 6.07) is 8.80. The average Bonchev–Trinajstić information content (AvgIpc) is 3.40. The minimum Gasteiger partial charge on any atom is -0.490 e. The molecule has 1 heterocycles. The van der Waals surface area contributed by atoms with Gasteiger partial charge in [0, 0.05) is 20.1 Å². The number of guanidine groups is 1. The van der Waals surface area contributed by atoms with Crippen LogP contribution in [0.25, 0.3) is 0 Å². The van der Waals surface area contributed by atoms with Gasteiger partial charge in [-0.2, -0.15) is 0 Å². The molecule has 1 aromatic carbocycles. The van der Waals surface area contributed by atoms with E-state index < -0.39 is 0 Å². The van der Waals surface area contributed by atoms with E-state index in [2.05, 4.69) is 15.6 Å². The number of halogens is 2. The highest BCUT2D eigenvalue weighted by Gasteiger charge is 2.22. The molecule has 1 unspecified atom stereocenters. The molecule has 3 rings (SSSR count). The van der Waals surface area contributed by atoms with Crippen LogP contribution in [0.3, 0.4) is 0 Å². The molecule has 2 N–H and O–H groups in total. The maximum atomic E-state index is 14.4. The Labute approximate surface area is 194 Å². The fourth-order valence-electron chi connectivity index (χ4n) is 2.84. The first kappa shape index (κ1) is 24.5. The monoisotopic (exact) mass is 531 g/mol. The van der Waals surface area contributed by atoms with E-state index in [4.69, 9.17) is 13.9 Å². The lowest BCUT2D eigenvalue weighted by Gasteiger charge is -2.19. The van der Waals surface area contributed by atoms with Gasteiger partial charge < -0.3 is 24.5 Å². The van der Waals surface area contributed by atoms with Gasteiger partial charge in [0.15, 0.2) is 17.5 Å². The van der Waals surface area contributed by atoms with Gasteiger partial charge in [0.05, 0.1) is 32.1 Å². The van der Waals surface area contributed by atoms with E-state index in [1.54, 1.807) is 19.4 Å². The largest absolute Gasteiger partial charge is 0.490 e. The molecule has 0 aliphatic heterocycles. The molecule has 1 fully saturated rings. The molecule has 8 heteroatoms. The van der Waals surface area contributed by atoms with Crippen molar-refractivity contribution in [1.29, 1.82) is 0 Å². The Balaban J connectivity index is 0.00000320. The molecule has 0 saturated heterocycles. The van der Waals surface area contributed by atoms with Crippen LogP contribution in [0.1, 0.15) is 37.1 Å². The highest BCUT2D eigenvalue weighted by Crippen LogP contribution is 2.30. The lowest BCUT2D eigenvalue weighted by atomic mass is 10.1. The third-order valence-corrected chi connectivity index (χ3v) is 4.79. The summed E-state index contributed by atoms with van der Waals surface area (Å²) >= 11 is 0. The van der Waals surface area contributed by atoms with Gasteiger partial charge in [0.1, 0.15) is 5.76 Å². The molecule has 30 heavy (non-hydrogen) atoms. The van der Waals surface area contributed by atoms with E-state index in [0.29, 0.717) is 43.9 Å². The Morgan fingerprint density at radius 3 is 2.83 bits per heavy atom. The Hall–Kier alpha value is -1.81. The first-order valence-electron chi connectivity index (χ1n) is 10.1. The lowest BCUT2D eigenvalue weighted by Crippen LogP contribution is -2.40. The number of furan rings is 1. The van der Waals surface area contributed by atoms with Gasteiger partial charge in [0.2, 0.25) is 0 Å². The minimum atomic E-state index is -0.333. The van der Waals surface area contributed by atoms with Gasteiger partial charge in [-0.1, -0.05) is 6.07 Å². The van der Waals surface area contributed by atoms with E-state index in [1.165, 1.54) is 18.9 Å². The number of methoxy groups -OCH3 is 1. The zero-order valence-electron chi connectivity index (χ0n) is 17.5. The third-order valence-electron chi connectivity index (χ3n) is 4.79. The van der Waals surface area contributed by atoms with Crippen molar-refractivity contribution in [3.05, 3.63) is 53.7 Å². The van der Waals surface area contributed by atoms with Crippen LogP contribution in [-0.4, -0.2) is 39.4 Å². The van der Waals surface area contributed by atoms with E-state index in [9.17, 15) is 4.39 Å². The van der Waals surface area contributed by atoms with E-state index >= 15 is 0 Å². The molecule has 1 aliphatic carbocycles. The van der Waals surface area contributed by atoms with Gasteiger partial charge in [-0.15, -0.1) is 24.0 Å². The smallest absolute Gasteiger partial charge is 0.191 e. The quantitative estimate of drug-likeness (QED) is 0.196. The molecule has 0 amide bonds. The van der Waals surface area contributed by atoms with Gasteiger partial charge in [-0.05, 0) is 55.5 Å². The van der Waals surface area contributed by atoms with Crippen molar-refractivity contribution in [1.82, 2.24) is 10.6 Å². The van der Waals surface area contributed by atoms with E-state index in [0.717, 1.165) is 17.7 Å². The summed E-state index contributed by atoms with van der Waals surface area (Å²) in [6.07, 6.45) is 4.77. The van der Waals surface area contributed by atoms with Crippen LogP contribution in [0.15, 0.2) is 46.0 Å². The predicted molar refractivity (Wildman–Crippen MR) is 126 cm³/mol. The molecule has 1 aromatic heterocycles. The van der Waals surface area contributed by atoms with Crippen molar-refractivity contribution >= 4 is 29.9 Å². The molecule has 1 atom stereocenters. The summed E-state index contributed by atoms with van der Waals surface area (Å²) in [5.41, 5.74) is 0.827.